The van der Waals surface area contributed by atoms with Crippen LogP contribution in [0.1, 0.15) is 12.1 Å². The summed E-state index contributed by atoms with van der Waals surface area (Å²) in [4.78, 5) is 28.0. The molecule has 2 aromatic rings. The second kappa shape index (κ2) is 8.97. The molecule has 3 rings (SSSR count). The zero-order valence-electron chi connectivity index (χ0n) is 15.4. The van der Waals surface area contributed by atoms with Gasteiger partial charge in [0.1, 0.15) is 23.8 Å². The van der Waals surface area contributed by atoms with Crippen LogP contribution < -0.4 is 10.1 Å². The number of likely N-dealkylation sites (tertiary alicyclic amines) is 1. The summed E-state index contributed by atoms with van der Waals surface area (Å²) in [5.41, 5.74) is 0.760. The number of carboxylic acid groups (broad SMARTS) is 1. The topological polar surface area (TPSA) is 91.8 Å². The van der Waals surface area contributed by atoms with E-state index in [4.69, 9.17) is 5.11 Å². The first-order valence-electron chi connectivity index (χ1n) is 8.85. The van der Waals surface area contributed by atoms with Gasteiger partial charge in [-0.1, -0.05) is 12.1 Å². The van der Waals surface area contributed by atoms with E-state index in [0.29, 0.717) is 5.56 Å². The lowest BCUT2D eigenvalue weighted by atomic mass is 10.1. The van der Waals surface area contributed by atoms with Gasteiger partial charge in [-0.2, -0.15) is 8.78 Å². The van der Waals surface area contributed by atoms with E-state index in [1.54, 1.807) is 0 Å². The molecule has 2 heterocycles. The van der Waals surface area contributed by atoms with Gasteiger partial charge >= 0.3 is 12.7 Å². The van der Waals surface area contributed by atoms with E-state index in [9.17, 15) is 27.2 Å². The van der Waals surface area contributed by atoms with Crippen molar-refractivity contribution in [2.45, 2.75) is 31.8 Å². The molecule has 1 aromatic heterocycles. The van der Waals surface area contributed by atoms with Gasteiger partial charge in [-0.25, -0.2) is 13.6 Å². The summed E-state index contributed by atoms with van der Waals surface area (Å²) in [6.07, 6.45) is -2.12. The zero-order chi connectivity index (χ0) is 21.8. The SMILES string of the molecule is O=C(NCc1cc(-c2ccc(OC(F)F)cc2)c(F)cn1)C1CC(F)CN1C(=O)O. The summed E-state index contributed by atoms with van der Waals surface area (Å²) in [6, 6.07) is 5.51. The Morgan fingerprint density at radius 3 is 2.63 bits per heavy atom. The third-order valence-corrected chi connectivity index (χ3v) is 4.54. The third kappa shape index (κ3) is 4.97. The Morgan fingerprint density at radius 2 is 2.00 bits per heavy atom. The van der Waals surface area contributed by atoms with Crippen LogP contribution in [0.15, 0.2) is 36.5 Å². The van der Waals surface area contributed by atoms with E-state index in [1.165, 1.54) is 30.3 Å². The van der Waals surface area contributed by atoms with Crippen LogP contribution in [0.2, 0.25) is 0 Å². The number of rotatable bonds is 6. The molecule has 30 heavy (non-hydrogen) atoms. The summed E-state index contributed by atoms with van der Waals surface area (Å²) >= 11 is 0. The fraction of sp³-hybridized carbons (Fsp3) is 0.316. The molecular weight excluding hydrogens is 410 g/mol. The lowest BCUT2D eigenvalue weighted by Gasteiger charge is -2.20. The van der Waals surface area contributed by atoms with Crippen molar-refractivity contribution in [3.63, 3.8) is 0 Å². The Balaban J connectivity index is 1.69. The summed E-state index contributed by atoms with van der Waals surface area (Å²) in [7, 11) is 0. The quantitative estimate of drug-likeness (QED) is 0.691. The highest BCUT2D eigenvalue weighted by atomic mass is 19.3. The minimum absolute atomic E-state index is 0.0820. The monoisotopic (exact) mass is 427 g/mol. The molecule has 0 aliphatic carbocycles. The predicted octanol–water partition coefficient (Wildman–Crippen LogP) is 3.20. The number of nitrogens with one attached hydrogen (secondary N) is 1. The zero-order valence-corrected chi connectivity index (χ0v) is 15.4. The molecule has 2 N–H and O–H groups in total. The summed E-state index contributed by atoms with van der Waals surface area (Å²) < 4.78 is 56.4. The van der Waals surface area contributed by atoms with Crippen LogP contribution in [0.5, 0.6) is 5.75 Å². The molecule has 0 bridgehead atoms. The molecule has 7 nitrogen and oxygen atoms in total. The van der Waals surface area contributed by atoms with E-state index >= 15 is 0 Å². The predicted molar refractivity (Wildman–Crippen MR) is 96.1 cm³/mol. The molecule has 0 radical (unpaired) electrons. The van der Waals surface area contributed by atoms with E-state index in [0.717, 1.165) is 11.1 Å². The number of ether oxygens (including phenoxy) is 1. The van der Waals surface area contributed by atoms with Crippen LogP contribution >= 0.6 is 0 Å². The molecule has 160 valence electrons. The largest absolute Gasteiger partial charge is 0.465 e. The highest BCUT2D eigenvalue weighted by Crippen LogP contribution is 2.26. The van der Waals surface area contributed by atoms with Crippen molar-refractivity contribution in [1.29, 1.82) is 0 Å². The molecule has 2 unspecified atom stereocenters. The molecule has 1 aliphatic heterocycles. The van der Waals surface area contributed by atoms with Gasteiger partial charge in [0.15, 0.2) is 0 Å². The van der Waals surface area contributed by atoms with Crippen molar-refractivity contribution in [2.24, 2.45) is 0 Å². The van der Waals surface area contributed by atoms with E-state index in [1.807, 2.05) is 0 Å². The summed E-state index contributed by atoms with van der Waals surface area (Å²) in [5.74, 6) is -1.43. The van der Waals surface area contributed by atoms with Gasteiger partial charge in [-0.15, -0.1) is 0 Å². The number of halogens is 4. The summed E-state index contributed by atoms with van der Waals surface area (Å²) in [6.45, 7) is -3.50. The molecule has 0 saturated carbocycles. The molecule has 1 saturated heterocycles. The van der Waals surface area contributed by atoms with E-state index in [2.05, 4.69) is 15.0 Å². The van der Waals surface area contributed by atoms with Crippen molar-refractivity contribution in [2.75, 3.05) is 6.54 Å². The Hall–Kier alpha value is -3.37. The maximum Gasteiger partial charge on any atom is 0.408 e. The molecule has 1 aromatic carbocycles. The van der Waals surface area contributed by atoms with Crippen molar-refractivity contribution < 1.29 is 37.0 Å². The first kappa shape index (κ1) is 21.3. The number of hydrogen-bond donors (Lipinski definition) is 2. The second-order valence-electron chi connectivity index (χ2n) is 6.56. The summed E-state index contributed by atoms with van der Waals surface area (Å²) in [5, 5.41) is 11.5. The maximum atomic E-state index is 14.2. The van der Waals surface area contributed by atoms with Crippen LogP contribution in [-0.4, -0.2) is 52.4 Å². The van der Waals surface area contributed by atoms with Crippen molar-refractivity contribution in [1.82, 2.24) is 15.2 Å². The molecular formula is C19H17F4N3O4. The van der Waals surface area contributed by atoms with Crippen LogP contribution in [0.4, 0.5) is 22.4 Å². The Bertz CT molecular complexity index is 926. The molecule has 1 aliphatic rings. The standard InChI is InChI=1S/C19H17F4N3O4/c20-11-5-16(26(9-11)19(28)29)17(27)25-7-12-6-14(15(21)8-24-12)10-1-3-13(4-2-10)30-18(22)23/h1-4,6,8,11,16,18H,5,7,9H2,(H,25,27)(H,28,29). The normalized spacial score (nSPS) is 18.5. The van der Waals surface area contributed by atoms with Crippen LogP contribution in [0.25, 0.3) is 11.1 Å². The molecule has 11 heteroatoms. The number of alkyl halides is 3. The van der Waals surface area contributed by atoms with Gasteiger partial charge < -0.3 is 15.2 Å². The van der Waals surface area contributed by atoms with Crippen molar-refractivity contribution >= 4 is 12.0 Å². The maximum absolute atomic E-state index is 14.2. The smallest absolute Gasteiger partial charge is 0.408 e. The molecule has 1 fully saturated rings. The van der Waals surface area contributed by atoms with Gasteiger partial charge in [0.2, 0.25) is 5.91 Å². The molecule has 0 spiro atoms. The Morgan fingerprint density at radius 1 is 1.30 bits per heavy atom. The second-order valence-corrected chi connectivity index (χ2v) is 6.56. The third-order valence-electron chi connectivity index (χ3n) is 4.54. The van der Waals surface area contributed by atoms with Crippen molar-refractivity contribution in [3.8, 4) is 16.9 Å². The first-order valence-corrected chi connectivity index (χ1v) is 8.85. The highest BCUT2D eigenvalue weighted by Gasteiger charge is 2.39. The lowest BCUT2D eigenvalue weighted by Crippen LogP contribution is -2.45. The number of hydrogen-bond acceptors (Lipinski definition) is 4. The number of amides is 2. The van der Waals surface area contributed by atoms with Crippen LogP contribution in [0.3, 0.4) is 0 Å². The number of benzene rings is 1. The van der Waals surface area contributed by atoms with E-state index < -0.39 is 36.6 Å². The fourth-order valence-corrected chi connectivity index (χ4v) is 3.16. The van der Waals surface area contributed by atoms with Gasteiger partial charge in [-0.3, -0.25) is 14.7 Å². The Labute approximate surface area is 168 Å². The first-order chi connectivity index (χ1) is 14.2. The number of carbonyl (C=O) groups excluding carboxylic acids is 1. The van der Waals surface area contributed by atoms with Gasteiger partial charge in [0, 0.05) is 12.0 Å². The van der Waals surface area contributed by atoms with Gasteiger partial charge in [0.05, 0.1) is 25.0 Å². The highest BCUT2D eigenvalue weighted by molar-refractivity contribution is 5.86. The number of aromatic nitrogens is 1. The van der Waals surface area contributed by atoms with Gasteiger partial charge in [0.25, 0.3) is 0 Å². The fourth-order valence-electron chi connectivity index (χ4n) is 3.16. The lowest BCUT2D eigenvalue weighted by molar-refractivity contribution is -0.125. The molecule has 2 amide bonds. The molecule has 2 atom stereocenters. The van der Waals surface area contributed by atoms with Crippen molar-refractivity contribution in [3.05, 3.63) is 48.0 Å². The van der Waals surface area contributed by atoms with Crippen LogP contribution in [-0.2, 0) is 11.3 Å². The Kier molecular flexibility index (Phi) is 6.38. The number of pyridine rings is 1. The number of nitrogens with zero attached hydrogens (tertiary/aromatic N) is 2. The minimum atomic E-state index is -2.98. The van der Waals surface area contributed by atoms with Crippen LogP contribution in [0, 0.1) is 5.82 Å². The average molecular weight is 427 g/mol. The van der Waals surface area contributed by atoms with Gasteiger partial charge in [-0.05, 0) is 23.8 Å². The number of carbonyl (C=O) groups is 2. The van der Waals surface area contributed by atoms with E-state index in [-0.39, 0.29) is 36.5 Å². The average Bonchev–Trinajstić information content (AvgIpc) is 3.09. The minimum Gasteiger partial charge on any atom is -0.465 e.